The third-order valence-corrected chi connectivity index (χ3v) is 4.84. The van der Waals surface area contributed by atoms with Crippen molar-refractivity contribution in [3.8, 4) is 5.75 Å². The molecule has 6 nitrogen and oxygen atoms in total. The minimum atomic E-state index is -0.236. The maximum atomic E-state index is 6.15. The van der Waals surface area contributed by atoms with Gasteiger partial charge in [-0.2, -0.15) is 0 Å². The van der Waals surface area contributed by atoms with Crippen molar-refractivity contribution >= 4 is 29.9 Å². The minimum absolute atomic E-state index is 0. The van der Waals surface area contributed by atoms with Gasteiger partial charge in [-0.15, -0.1) is 24.0 Å². The van der Waals surface area contributed by atoms with Crippen LogP contribution in [0.4, 0.5) is 0 Å². The van der Waals surface area contributed by atoms with Gasteiger partial charge in [0.25, 0.3) is 0 Å². The van der Waals surface area contributed by atoms with Crippen molar-refractivity contribution in [3.63, 3.8) is 0 Å². The second kappa shape index (κ2) is 14.9. The highest BCUT2D eigenvalue weighted by atomic mass is 127. The van der Waals surface area contributed by atoms with E-state index in [-0.39, 0.29) is 29.6 Å². The number of ether oxygens (including phenoxy) is 3. The molecule has 7 heteroatoms. The first kappa shape index (κ1) is 28.0. The SMILES string of the molecule is CCNC(=NCc1ccc(C)cc1OC(C)(C)C)NCCCOCC1CCOCC1.I. The summed E-state index contributed by atoms with van der Waals surface area (Å²) in [6.45, 7) is 16.0. The molecular formula is C24H42IN3O3. The minimum Gasteiger partial charge on any atom is -0.488 e. The summed E-state index contributed by atoms with van der Waals surface area (Å²) in [5.41, 5.74) is 2.04. The number of rotatable bonds is 10. The van der Waals surface area contributed by atoms with Crippen LogP contribution >= 0.6 is 24.0 Å². The molecule has 1 aromatic rings. The zero-order valence-electron chi connectivity index (χ0n) is 20.0. The zero-order valence-corrected chi connectivity index (χ0v) is 22.3. The molecule has 31 heavy (non-hydrogen) atoms. The smallest absolute Gasteiger partial charge is 0.191 e. The normalized spacial score (nSPS) is 15.3. The third-order valence-electron chi connectivity index (χ3n) is 4.84. The number of hydrogen-bond donors (Lipinski definition) is 2. The average Bonchev–Trinajstić information content (AvgIpc) is 2.69. The van der Waals surface area contributed by atoms with E-state index in [1.54, 1.807) is 0 Å². The fourth-order valence-corrected chi connectivity index (χ4v) is 3.27. The van der Waals surface area contributed by atoms with Crippen LogP contribution in [0.2, 0.25) is 0 Å². The molecule has 178 valence electrons. The number of benzene rings is 1. The molecule has 1 heterocycles. The van der Waals surface area contributed by atoms with E-state index in [1.165, 1.54) is 5.56 Å². The van der Waals surface area contributed by atoms with Gasteiger partial charge in [-0.3, -0.25) is 0 Å². The van der Waals surface area contributed by atoms with Gasteiger partial charge in [-0.1, -0.05) is 12.1 Å². The molecule has 0 atom stereocenters. The van der Waals surface area contributed by atoms with Gasteiger partial charge in [0.05, 0.1) is 6.54 Å². The topological polar surface area (TPSA) is 64.1 Å². The second-order valence-corrected chi connectivity index (χ2v) is 8.93. The fraction of sp³-hybridized carbons (Fsp3) is 0.708. The molecule has 2 N–H and O–H groups in total. The summed E-state index contributed by atoms with van der Waals surface area (Å²) in [6, 6.07) is 6.30. The molecule has 1 aliphatic heterocycles. The molecule has 1 aromatic carbocycles. The maximum Gasteiger partial charge on any atom is 0.191 e. The number of guanidine groups is 1. The molecule has 0 spiro atoms. The quantitative estimate of drug-likeness (QED) is 0.193. The van der Waals surface area contributed by atoms with Crippen molar-refractivity contribution in [3.05, 3.63) is 29.3 Å². The van der Waals surface area contributed by atoms with Crippen LogP contribution in [0.3, 0.4) is 0 Å². The summed E-state index contributed by atoms with van der Waals surface area (Å²) >= 11 is 0. The van der Waals surface area contributed by atoms with Crippen molar-refractivity contribution < 1.29 is 14.2 Å². The first-order valence-electron chi connectivity index (χ1n) is 11.3. The van der Waals surface area contributed by atoms with E-state index in [2.05, 4.69) is 63.5 Å². The van der Waals surface area contributed by atoms with Crippen LogP contribution in [-0.4, -0.2) is 51.1 Å². The Bertz CT molecular complexity index is 656. The van der Waals surface area contributed by atoms with Gasteiger partial charge in [0, 0.05) is 45.1 Å². The number of nitrogens with one attached hydrogen (secondary N) is 2. The molecule has 2 rings (SSSR count). The number of hydrogen-bond acceptors (Lipinski definition) is 4. The summed E-state index contributed by atoms with van der Waals surface area (Å²) < 4.78 is 17.4. The fourth-order valence-electron chi connectivity index (χ4n) is 3.27. The van der Waals surface area contributed by atoms with Crippen LogP contribution in [-0.2, 0) is 16.0 Å². The van der Waals surface area contributed by atoms with E-state index >= 15 is 0 Å². The maximum absolute atomic E-state index is 6.15. The molecule has 0 aromatic heterocycles. The lowest BCUT2D eigenvalue weighted by Crippen LogP contribution is -2.38. The lowest BCUT2D eigenvalue weighted by atomic mass is 10.0. The Morgan fingerprint density at radius 3 is 2.61 bits per heavy atom. The van der Waals surface area contributed by atoms with E-state index in [0.717, 1.165) is 76.1 Å². The lowest BCUT2D eigenvalue weighted by Gasteiger charge is -2.23. The highest BCUT2D eigenvalue weighted by Crippen LogP contribution is 2.25. The summed E-state index contributed by atoms with van der Waals surface area (Å²) in [7, 11) is 0. The Hall–Kier alpha value is -1.06. The lowest BCUT2D eigenvalue weighted by molar-refractivity contribution is 0.0203. The third kappa shape index (κ3) is 11.9. The van der Waals surface area contributed by atoms with Crippen molar-refractivity contribution in [1.82, 2.24) is 10.6 Å². The van der Waals surface area contributed by atoms with E-state index in [4.69, 9.17) is 19.2 Å². The summed E-state index contributed by atoms with van der Waals surface area (Å²) in [6.07, 6.45) is 3.20. The highest BCUT2D eigenvalue weighted by Gasteiger charge is 2.15. The molecule has 0 radical (unpaired) electrons. The molecule has 0 saturated carbocycles. The number of aryl methyl sites for hydroxylation is 1. The number of aliphatic imine (C=N–C) groups is 1. The van der Waals surface area contributed by atoms with Gasteiger partial charge in [-0.05, 0) is 71.4 Å². The van der Waals surface area contributed by atoms with Crippen LogP contribution in [0.15, 0.2) is 23.2 Å². The number of nitrogens with zero attached hydrogens (tertiary/aromatic N) is 1. The van der Waals surface area contributed by atoms with Crippen LogP contribution < -0.4 is 15.4 Å². The van der Waals surface area contributed by atoms with E-state index in [0.29, 0.717) is 12.5 Å². The molecule has 1 aliphatic rings. The van der Waals surface area contributed by atoms with Crippen molar-refractivity contribution in [2.24, 2.45) is 10.9 Å². The molecule has 1 fully saturated rings. The summed E-state index contributed by atoms with van der Waals surface area (Å²) in [4.78, 5) is 4.76. The molecule has 0 bridgehead atoms. The second-order valence-electron chi connectivity index (χ2n) is 8.93. The standard InChI is InChI=1S/C24H41N3O3.HI/c1-6-25-23(26-12-7-13-29-18-20-10-14-28-15-11-20)27-17-21-9-8-19(2)16-22(21)30-24(3,4)5;/h8-9,16,20H,6-7,10-15,17-18H2,1-5H3,(H2,25,26,27);1H. The van der Waals surface area contributed by atoms with Gasteiger partial charge in [0.1, 0.15) is 11.4 Å². The largest absolute Gasteiger partial charge is 0.488 e. The highest BCUT2D eigenvalue weighted by molar-refractivity contribution is 14.0. The van der Waals surface area contributed by atoms with Crippen molar-refractivity contribution in [2.75, 3.05) is 39.5 Å². The van der Waals surface area contributed by atoms with Crippen LogP contribution in [0.5, 0.6) is 5.75 Å². The molecule has 0 aliphatic carbocycles. The number of halogens is 1. The van der Waals surface area contributed by atoms with Crippen molar-refractivity contribution in [2.45, 2.75) is 66.0 Å². The first-order valence-corrected chi connectivity index (χ1v) is 11.3. The molecule has 1 saturated heterocycles. The molecule has 0 unspecified atom stereocenters. The Kier molecular flexibility index (Phi) is 13.4. The predicted octanol–water partition coefficient (Wildman–Crippen LogP) is 4.68. The Balaban J connectivity index is 0.00000480. The monoisotopic (exact) mass is 547 g/mol. The first-order chi connectivity index (χ1) is 14.4. The van der Waals surface area contributed by atoms with Crippen LogP contribution in [0.25, 0.3) is 0 Å². The van der Waals surface area contributed by atoms with E-state index in [9.17, 15) is 0 Å². The van der Waals surface area contributed by atoms with E-state index in [1.807, 2.05) is 0 Å². The van der Waals surface area contributed by atoms with Crippen molar-refractivity contribution in [1.29, 1.82) is 0 Å². The summed E-state index contributed by atoms with van der Waals surface area (Å²) in [5.74, 6) is 2.39. The van der Waals surface area contributed by atoms with Crippen LogP contribution in [0.1, 0.15) is 58.1 Å². The average molecular weight is 548 g/mol. The van der Waals surface area contributed by atoms with Crippen LogP contribution in [0, 0.1) is 12.8 Å². The van der Waals surface area contributed by atoms with Gasteiger partial charge < -0.3 is 24.8 Å². The molecule has 0 amide bonds. The van der Waals surface area contributed by atoms with Gasteiger partial charge in [0.2, 0.25) is 0 Å². The Labute approximate surface area is 205 Å². The summed E-state index contributed by atoms with van der Waals surface area (Å²) in [5, 5.41) is 6.72. The zero-order chi connectivity index (χ0) is 21.8. The molecular weight excluding hydrogens is 505 g/mol. The van der Waals surface area contributed by atoms with Gasteiger partial charge in [-0.25, -0.2) is 4.99 Å². The Morgan fingerprint density at radius 1 is 1.19 bits per heavy atom. The van der Waals surface area contributed by atoms with Gasteiger partial charge >= 0.3 is 0 Å². The van der Waals surface area contributed by atoms with Gasteiger partial charge in [0.15, 0.2) is 5.96 Å². The van der Waals surface area contributed by atoms with E-state index < -0.39 is 0 Å². The Morgan fingerprint density at radius 2 is 1.94 bits per heavy atom. The predicted molar refractivity (Wildman–Crippen MR) is 139 cm³/mol.